The number of hydrogen-bond donors (Lipinski definition) is 0. The van der Waals surface area contributed by atoms with Crippen molar-refractivity contribution in [3.63, 3.8) is 0 Å². The Morgan fingerprint density at radius 1 is 1.20 bits per heavy atom. The second kappa shape index (κ2) is 6.88. The molecular formula is C15H18BrNO3. The van der Waals surface area contributed by atoms with Crippen LogP contribution in [0.25, 0.3) is 10.9 Å². The van der Waals surface area contributed by atoms with E-state index in [4.69, 9.17) is 4.42 Å². The number of hydrogen-bond acceptors (Lipinski definition) is 3. The van der Waals surface area contributed by atoms with E-state index in [2.05, 4.69) is 15.9 Å². The normalized spacial score (nSPS) is 11.1. The van der Waals surface area contributed by atoms with Crippen molar-refractivity contribution >= 4 is 26.8 Å². The lowest BCUT2D eigenvalue weighted by Gasteiger charge is -2.09. The molecule has 0 saturated heterocycles. The van der Waals surface area contributed by atoms with Crippen LogP contribution in [0.4, 0.5) is 0 Å². The Labute approximate surface area is 125 Å². The van der Waals surface area contributed by atoms with Crippen LogP contribution in [0.15, 0.2) is 32.2 Å². The summed E-state index contributed by atoms with van der Waals surface area (Å²) in [4.78, 5) is 23.7. The van der Waals surface area contributed by atoms with Gasteiger partial charge in [-0.1, -0.05) is 35.3 Å². The second-order valence-electron chi connectivity index (χ2n) is 4.76. The average Bonchev–Trinajstić information content (AvgIpc) is 2.46. The van der Waals surface area contributed by atoms with E-state index < -0.39 is 11.4 Å². The van der Waals surface area contributed by atoms with Gasteiger partial charge >= 0.3 is 11.4 Å². The first-order valence-corrected chi connectivity index (χ1v) is 8.02. The van der Waals surface area contributed by atoms with Gasteiger partial charge in [-0.2, -0.15) is 0 Å². The first-order valence-electron chi connectivity index (χ1n) is 6.90. The van der Waals surface area contributed by atoms with Gasteiger partial charge < -0.3 is 4.42 Å². The zero-order valence-electron chi connectivity index (χ0n) is 11.5. The minimum Gasteiger partial charge on any atom is -0.372 e. The molecule has 5 heteroatoms. The van der Waals surface area contributed by atoms with E-state index in [1.165, 1.54) is 0 Å². The van der Waals surface area contributed by atoms with Crippen LogP contribution < -0.4 is 11.4 Å². The topological polar surface area (TPSA) is 52.2 Å². The summed E-state index contributed by atoms with van der Waals surface area (Å²) in [6, 6.07) is 5.61. The van der Waals surface area contributed by atoms with Crippen molar-refractivity contribution in [3.8, 4) is 0 Å². The van der Waals surface area contributed by atoms with Gasteiger partial charge in [0.15, 0.2) is 0 Å². The van der Waals surface area contributed by atoms with Crippen molar-refractivity contribution in [1.29, 1.82) is 0 Å². The van der Waals surface area contributed by atoms with Crippen LogP contribution in [-0.4, -0.2) is 9.90 Å². The lowest BCUT2D eigenvalue weighted by Crippen LogP contribution is -2.25. The third-order valence-electron chi connectivity index (χ3n) is 3.40. The van der Waals surface area contributed by atoms with Crippen LogP contribution in [0.1, 0.15) is 31.7 Å². The van der Waals surface area contributed by atoms with Crippen molar-refractivity contribution in [2.24, 2.45) is 0 Å². The maximum atomic E-state index is 11.9. The molecule has 0 spiro atoms. The van der Waals surface area contributed by atoms with E-state index in [1.54, 1.807) is 4.57 Å². The lowest BCUT2D eigenvalue weighted by atomic mass is 10.1. The number of rotatable bonds is 6. The Morgan fingerprint density at radius 2 is 2.00 bits per heavy atom. The molecular weight excluding hydrogens is 322 g/mol. The number of nitrogens with zero attached hydrogens (tertiary/aromatic N) is 1. The largest absolute Gasteiger partial charge is 0.422 e. The molecule has 1 heterocycles. The fourth-order valence-electron chi connectivity index (χ4n) is 2.24. The van der Waals surface area contributed by atoms with Gasteiger partial charge in [0.05, 0.1) is 10.9 Å². The second-order valence-corrected chi connectivity index (χ2v) is 5.55. The molecule has 4 nitrogen and oxygen atoms in total. The van der Waals surface area contributed by atoms with Crippen LogP contribution in [0.2, 0.25) is 0 Å². The Morgan fingerprint density at radius 3 is 2.70 bits per heavy atom. The number of aromatic nitrogens is 1. The molecule has 1 aromatic carbocycles. The maximum Gasteiger partial charge on any atom is 0.422 e. The molecule has 1 aromatic heterocycles. The highest BCUT2D eigenvalue weighted by atomic mass is 79.9. The molecule has 108 valence electrons. The Balaban J connectivity index is 2.43. The van der Waals surface area contributed by atoms with Gasteiger partial charge in [0, 0.05) is 11.9 Å². The maximum absolute atomic E-state index is 11.9. The first-order chi connectivity index (χ1) is 9.67. The average molecular weight is 340 g/mol. The van der Waals surface area contributed by atoms with Crippen molar-refractivity contribution in [3.05, 3.63) is 44.7 Å². The third kappa shape index (κ3) is 3.20. The van der Waals surface area contributed by atoms with Crippen LogP contribution in [0.3, 0.4) is 0 Å². The Bertz CT molecular complexity index is 702. The number of unbranched alkanes of at least 4 members (excludes halogenated alkanes) is 2. The Hall–Kier alpha value is -1.36. The summed E-state index contributed by atoms with van der Waals surface area (Å²) < 4.78 is 6.38. The van der Waals surface area contributed by atoms with Gasteiger partial charge in [-0.3, -0.25) is 4.57 Å². The van der Waals surface area contributed by atoms with Gasteiger partial charge in [-0.15, -0.1) is 0 Å². The minimum atomic E-state index is -0.564. The third-order valence-corrected chi connectivity index (χ3v) is 3.96. The molecule has 0 bridgehead atoms. The van der Waals surface area contributed by atoms with E-state index in [-0.39, 0.29) is 0 Å². The molecule has 0 N–H and O–H groups in total. The molecule has 0 atom stereocenters. The number of fused-ring (bicyclic) bond motifs is 1. The van der Waals surface area contributed by atoms with Crippen molar-refractivity contribution in [2.75, 3.05) is 5.33 Å². The molecule has 0 radical (unpaired) electrons. The van der Waals surface area contributed by atoms with Crippen molar-refractivity contribution < 1.29 is 4.42 Å². The summed E-state index contributed by atoms with van der Waals surface area (Å²) >= 11 is 3.39. The van der Waals surface area contributed by atoms with Gasteiger partial charge in [0.2, 0.25) is 0 Å². The highest BCUT2D eigenvalue weighted by Crippen LogP contribution is 2.13. The Kier molecular flexibility index (Phi) is 5.17. The smallest absolute Gasteiger partial charge is 0.372 e. The number of alkyl halides is 1. The molecule has 0 saturated carbocycles. The molecule has 0 aliphatic rings. The highest BCUT2D eigenvalue weighted by molar-refractivity contribution is 9.09. The molecule has 0 unspecified atom stereocenters. The van der Waals surface area contributed by atoms with Gasteiger partial charge in [-0.05, 0) is 37.0 Å². The number of halogens is 1. The van der Waals surface area contributed by atoms with Gasteiger partial charge in [-0.25, -0.2) is 9.59 Å². The predicted octanol–water partition coefficient (Wildman–Crippen LogP) is 3.08. The molecule has 2 rings (SSSR count). The molecule has 0 fully saturated rings. The summed E-state index contributed by atoms with van der Waals surface area (Å²) in [7, 11) is 0. The molecule has 2 aromatic rings. The molecule has 0 aliphatic heterocycles. The quantitative estimate of drug-likeness (QED) is 0.600. The highest BCUT2D eigenvalue weighted by Gasteiger charge is 2.09. The minimum absolute atomic E-state index is 0.490. The zero-order chi connectivity index (χ0) is 14.5. The summed E-state index contributed by atoms with van der Waals surface area (Å²) in [5, 5.41) is 1.45. The van der Waals surface area contributed by atoms with E-state index in [0.29, 0.717) is 17.4 Å². The van der Waals surface area contributed by atoms with E-state index in [1.807, 2.05) is 25.1 Å². The van der Waals surface area contributed by atoms with Crippen LogP contribution in [0, 0.1) is 0 Å². The fraction of sp³-hybridized carbons (Fsp3) is 0.467. The molecule has 20 heavy (non-hydrogen) atoms. The summed E-state index contributed by atoms with van der Waals surface area (Å²) in [6.45, 7) is 2.61. The monoisotopic (exact) mass is 339 g/mol. The molecule has 0 amide bonds. The van der Waals surface area contributed by atoms with Gasteiger partial charge in [0.1, 0.15) is 0 Å². The van der Waals surface area contributed by atoms with E-state index in [0.717, 1.165) is 36.6 Å². The van der Waals surface area contributed by atoms with Crippen LogP contribution >= 0.6 is 15.9 Å². The molecule has 0 aliphatic carbocycles. The fourth-order valence-corrected chi connectivity index (χ4v) is 2.64. The zero-order valence-corrected chi connectivity index (χ0v) is 13.1. The SMILES string of the molecule is CCc1ccc2c(c1)c(=O)oc(=O)n2CCCCCBr. The number of benzene rings is 1. The van der Waals surface area contributed by atoms with Crippen molar-refractivity contribution in [2.45, 2.75) is 39.2 Å². The first kappa shape index (κ1) is 15.0. The van der Waals surface area contributed by atoms with E-state index in [9.17, 15) is 9.59 Å². The summed E-state index contributed by atoms with van der Waals surface area (Å²) in [5.41, 5.74) is 1.19. The van der Waals surface area contributed by atoms with Crippen LogP contribution in [0.5, 0.6) is 0 Å². The standard InChI is InChI=1S/C15H18BrNO3/c1-2-11-6-7-13-12(10-11)14(18)20-15(19)17(13)9-5-3-4-8-16/h6-7,10H,2-5,8-9H2,1H3. The van der Waals surface area contributed by atoms with Crippen molar-refractivity contribution in [1.82, 2.24) is 4.57 Å². The summed E-state index contributed by atoms with van der Waals surface area (Å²) in [6.07, 6.45) is 3.85. The number of aryl methyl sites for hydroxylation is 2. The lowest BCUT2D eigenvalue weighted by molar-refractivity contribution is 0.410. The van der Waals surface area contributed by atoms with Gasteiger partial charge in [0.25, 0.3) is 0 Å². The predicted molar refractivity (Wildman–Crippen MR) is 83.8 cm³/mol. The van der Waals surface area contributed by atoms with E-state index >= 15 is 0 Å². The summed E-state index contributed by atoms with van der Waals surface area (Å²) in [5.74, 6) is -0.564. The van der Waals surface area contributed by atoms with Crippen LogP contribution in [-0.2, 0) is 13.0 Å².